The molecule has 0 amide bonds. The Labute approximate surface area is 139 Å². The molecular formula is C19H15NO2S. The van der Waals surface area contributed by atoms with Crippen molar-refractivity contribution in [2.45, 2.75) is 4.90 Å². The number of rotatable bonds is 4. The van der Waals surface area contributed by atoms with Crippen molar-refractivity contribution in [1.82, 2.24) is 4.98 Å². The molecule has 0 unspecified atom stereocenters. The zero-order valence-corrected chi connectivity index (χ0v) is 13.4. The van der Waals surface area contributed by atoms with Gasteiger partial charge in [-0.1, -0.05) is 36.4 Å². The lowest BCUT2D eigenvalue weighted by atomic mass is 10.2. The summed E-state index contributed by atoms with van der Waals surface area (Å²) in [5, 5.41) is 1.00. The Morgan fingerprint density at radius 1 is 1.09 bits per heavy atom. The zero-order chi connectivity index (χ0) is 16.1. The first kappa shape index (κ1) is 15.3. The predicted molar refractivity (Wildman–Crippen MR) is 94.6 cm³/mol. The second kappa shape index (κ2) is 7.11. The molecule has 0 aliphatic rings. The van der Waals surface area contributed by atoms with E-state index in [1.165, 1.54) is 11.8 Å². The van der Waals surface area contributed by atoms with Crippen LogP contribution in [0.5, 0.6) is 5.75 Å². The minimum Gasteiger partial charge on any atom is -0.497 e. The minimum absolute atomic E-state index is 0.0287. The Kier molecular flexibility index (Phi) is 4.74. The second-order valence-electron chi connectivity index (χ2n) is 4.86. The first-order chi connectivity index (χ1) is 11.3. The van der Waals surface area contributed by atoms with E-state index in [4.69, 9.17) is 4.74 Å². The summed E-state index contributed by atoms with van der Waals surface area (Å²) in [5.74, 6) is 0.796. The standard InChI is InChI=1S/C19H15NO2S/c1-22-16-10-7-14(8-11-16)9-12-18(21)23-17-6-2-4-15-5-3-13-20-19(15)17/h2-13H,1H3/b12-9+. The molecule has 0 saturated carbocycles. The van der Waals surface area contributed by atoms with Crippen LogP contribution in [0.2, 0.25) is 0 Å². The van der Waals surface area contributed by atoms with Crippen LogP contribution in [0.25, 0.3) is 17.0 Å². The number of para-hydroxylation sites is 1. The fourth-order valence-electron chi connectivity index (χ4n) is 2.18. The van der Waals surface area contributed by atoms with Gasteiger partial charge >= 0.3 is 0 Å². The van der Waals surface area contributed by atoms with Crippen molar-refractivity contribution in [2.24, 2.45) is 0 Å². The number of hydrogen-bond donors (Lipinski definition) is 0. The molecule has 0 aliphatic heterocycles. The smallest absolute Gasteiger partial charge is 0.216 e. The van der Waals surface area contributed by atoms with Crippen molar-refractivity contribution in [1.29, 1.82) is 0 Å². The molecule has 2 aromatic carbocycles. The Morgan fingerprint density at radius 2 is 1.87 bits per heavy atom. The number of aromatic nitrogens is 1. The Morgan fingerprint density at radius 3 is 2.65 bits per heavy atom. The summed E-state index contributed by atoms with van der Waals surface area (Å²) in [5.41, 5.74) is 1.81. The monoisotopic (exact) mass is 321 g/mol. The van der Waals surface area contributed by atoms with Crippen molar-refractivity contribution in [3.05, 3.63) is 72.4 Å². The summed E-state index contributed by atoms with van der Waals surface area (Å²) in [6, 6.07) is 17.3. The summed E-state index contributed by atoms with van der Waals surface area (Å²) in [4.78, 5) is 17.4. The van der Waals surface area contributed by atoms with Gasteiger partial charge in [0.05, 0.1) is 12.6 Å². The molecule has 1 heterocycles. The lowest BCUT2D eigenvalue weighted by Crippen LogP contribution is -1.88. The van der Waals surface area contributed by atoms with Crippen LogP contribution in [0, 0.1) is 0 Å². The predicted octanol–water partition coefficient (Wildman–Crippen LogP) is 4.58. The van der Waals surface area contributed by atoms with Crippen LogP contribution in [-0.2, 0) is 4.79 Å². The number of hydrogen-bond acceptors (Lipinski definition) is 4. The largest absolute Gasteiger partial charge is 0.497 e. The summed E-state index contributed by atoms with van der Waals surface area (Å²) in [6.45, 7) is 0. The van der Waals surface area contributed by atoms with E-state index < -0.39 is 0 Å². The van der Waals surface area contributed by atoms with Gasteiger partial charge in [-0.05, 0) is 47.7 Å². The first-order valence-electron chi connectivity index (χ1n) is 7.14. The van der Waals surface area contributed by atoms with Gasteiger partial charge in [-0.15, -0.1) is 0 Å². The highest BCUT2D eigenvalue weighted by atomic mass is 32.2. The van der Waals surface area contributed by atoms with Crippen LogP contribution >= 0.6 is 11.8 Å². The maximum absolute atomic E-state index is 12.2. The van der Waals surface area contributed by atoms with Gasteiger partial charge in [0.2, 0.25) is 5.12 Å². The molecule has 1 aromatic heterocycles. The highest BCUT2D eigenvalue weighted by Gasteiger charge is 2.06. The zero-order valence-electron chi connectivity index (χ0n) is 12.6. The van der Waals surface area contributed by atoms with Crippen LogP contribution in [0.4, 0.5) is 0 Å². The van der Waals surface area contributed by atoms with E-state index in [0.29, 0.717) is 0 Å². The maximum Gasteiger partial charge on any atom is 0.216 e. The third kappa shape index (κ3) is 3.79. The number of methoxy groups -OCH3 is 1. The van der Waals surface area contributed by atoms with Crippen molar-refractivity contribution < 1.29 is 9.53 Å². The minimum atomic E-state index is -0.0287. The number of ether oxygens (including phenoxy) is 1. The average molecular weight is 321 g/mol. The number of fused-ring (bicyclic) bond motifs is 1. The number of nitrogens with zero attached hydrogens (tertiary/aromatic N) is 1. The molecule has 23 heavy (non-hydrogen) atoms. The van der Waals surface area contributed by atoms with Gasteiger partial charge < -0.3 is 4.74 Å². The topological polar surface area (TPSA) is 39.2 Å². The van der Waals surface area contributed by atoms with Gasteiger partial charge in [-0.2, -0.15) is 0 Å². The van der Waals surface area contributed by atoms with Crippen LogP contribution < -0.4 is 4.74 Å². The third-order valence-corrected chi connectivity index (χ3v) is 4.22. The van der Waals surface area contributed by atoms with Crippen molar-refractivity contribution in [3.63, 3.8) is 0 Å². The highest BCUT2D eigenvalue weighted by Crippen LogP contribution is 2.27. The van der Waals surface area contributed by atoms with E-state index in [1.54, 1.807) is 25.5 Å². The number of pyridine rings is 1. The molecule has 0 saturated heterocycles. The summed E-state index contributed by atoms with van der Waals surface area (Å²) < 4.78 is 5.11. The fourth-order valence-corrected chi connectivity index (χ4v) is 2.95. The fraction of sp³-hybridized carbons (Fsp3) is 0.0526. The molecule has 0 aliphatic carbocycles. The molecular weight excluding hydrogens is 306 g/mol. The maximum atomic E-state index is 12.2. The van der Waals surface area contributed by atoms with Gasteiger partial charge in [-0.25, -0.2) is 0 Å². The van der Waals surface area contributed by atoms with Gasteiger partial charge in [0.15, 0.2) is 0 Å². The van der Waals surface area contributed by atoms with Gasteiger partial charge in [0.25, 0.3) is 0 Å². The number of carbonyl (C=O) groups is 1. The van der Waals surface area contributed by atoms with Crippen LogP contribution in [0.1, 0.15) is 5.56 Å². The summed E-state index contributed by atoms with van der Waals surface area (Å²) in [6.07, 6.45) is 5.12. The van der Waals surface area contributed by atoms with Crippen molar-refractivity contribution in [3.8, 4) is 5.75 Å². The second-order valence-corrected chi connectivity index (χ2v) is 5.91. The Bertz CT molecular complexity index is 851. The number of carbonyl (C=O) groups excluding carboxylic acids is 1. The molecule has 3 aromatic rings. The van der Waals surface area contributed by atoms with E-state index >= 15 is 0 Å². The highest BCUT2D eigenvalue weighted by molar-refractivity contribution is 8.14. The molecule has 3 rings (SSSR count). The summed E-state index contributed by atoms with van der Waals surface area (Å²) in [7, 11) is 1.63. The van der Waals surface area contributed by atoms with Gasteiger partial charge in [0, 0.05) is 16.5 Å². The van der Waals surface area contributed by atoms with Crippen LogP contribution in [-0.4, -0.2) is 17.2 Å². The lowest BCUT2D eigenvalue weighted by molar-refractivity contribution is -0.106. The number of benzene rings is 2. The molecule has 0 spiro atoms. The van der Waals surface area contributed by atoms with Crippen LogP contribution in [0.15, 0.2) is 71.8 Å². The Hall–Kier alpha value is -2.59. The Balaban J connectivity index is 1.74. The average Bonchev–Trinajstić information content (AvgIpc) is 2.61. The molecule has 3 nitrogen and oxygen atoms in total. The normalized spacial score (nSPS) is 11.0. The molecule has 4 heteroatoms. The van der Waals surface area contributed by atoms with Gasteiger partial charge in [0.1, 0.15) is 5.75 Å². The lowest BCUT2D eigenvalue weighted by Gasteiger charge is -2.02. The molecule has 0 fully saturated rings. The van der Waals surface area contributed by atoms with Crippen LogP contribution in [0.3, 0.4) is 0 Å². The number of thioether (sulfide) groups is 1. The third-order valence-electron chi connectivity index (χ3n) is 3.33. The summed E-state index contributed by atoms with van der Waals surface area (Å²) >= 11 is 1.19. The SMILES string of the molecule is COc1ccc(/C=C/C(=O)Sc2cccc3cccnc23)cc1. The first-order valence-corrected chi connectivity index (χ1v) is 7.95. The molecule has 0 N–H and O–H groups in total. The van der Waals surface area contributed by atoms with E-state index in [2.05, 4.69) is 4.98 Å². The van der Waals surface area contributed by atoms with Crippen molar-refractivity contribution in [2.75, 3.05) is 7.11 Å². The van der Waals surface area contributed by atoms with E-state index in [0.717, 1.165) is 27.1 Å². The molecule has 0 bridgehead atoms. The quantitative estimate of drug-likeness (QED) is 0.521. The van der Waals surface area contributed by atoms with E-state index in [1.807, 2.05) is 54.6 Å². The van der Waals surface area contributed by atoms with E-state index in [9.17, 15) is 4.79 Å². The molecule has 0 atom stereocenters. The molecule has 114 valence electrons. The van der Waals surface area contributed by atoms with Gasteiger partial charge in [-0.3, -0.25) is 9.78 Å². The van der Waals surface area contributed by atoms with E-state index in [-0.39, 0.29) is 5.12 Å². The molecule has 0 radical (unpaired) electrons. The van der Waals surface area contributed by atoms with Crippen molar-refractivity contribution >= 4 is 33.9 Å².